The SMILES string of the molecule is CCOc1cc(N)cc(-c2nnc(C)o2)c1. The van der Waals surface area contributed by atoms with Gasteiger partial charge in [-0.1, -0.05) is 0 Å². The van der Waals surface area contributed by atoms with Crippen molar-refractivity contribution in [3.8, 4) is 17.2 Å². The van der Waals surface area contributed by atoms with Crippen LogP contribution < -0.4 is 10.5 Å². The van der Waals surface area contributed by atoms with Crippen LogP contribution in [-0.2, 0) is 0 Å². The minimum atomic E-state index is 0.450. The molecule has 1 aromatic carbocycles. The Labute approximate surface area is 93.2 Å². The minimum absolute atomic E-state index is 0.450. The van der Waals surface area contributed by atoms with Gasteiger partial charge in [-0.2, -0.15) is 0 Å². The number of nitrogen functional groups attached to an aromatic ring is 1. The molecule has 16 heavy (non-hydrogen) atoms. The fraction of sp³-hybridized carbons (Fsp3) is 0.273. The van der Waals surface area contributed by atoms with Gasteiger partial charge in [0.15, 0.2) is 0 Å². The second-order valence-corrected chi connectivity index (χ2v) is 3.35. The molecule has 1 heterocycles. The molecule has 0 atom stereocenters. The van der Waals surface area contributed by atoms with Gasteiger partial charge >= 0.3 is 0 Å². The Morgan fingerprint density at radius 1 is 1.31 bits per heavy atom. The van der Waals surface area contributed by atoms with Crippen molar-refractivity contribution in [1.29, 1.82) is 0 Å². The number of nitrogens with two attached hydrogens (primary N) is 1. The average Bonchev–Trinajstić information content (AvgIpc) is 2.64. The van der Waals surface area contributed by atoms with Gasteiger partial charge in [0.1, 0.15) is 5.75 Å². The monoisotopic (exact) mass is 219 g/mol. The summed E-state index contributed by atoms with van der Waals surface area (Å²) in [5.41, 5.74) is 7.14. The van der Waals surface area contributed by atoms with E-state index in [1.807, 2.05) is 13.0 Å². The smallest absolute Gasteiger partial charge is 0.247 e. The number of hydrogen-bond donors (Lipinski definition) is 1. The summed E-state index contributed by atoms with van der Waals surface area (Å²) in [6.45, 7) is 4.25. The summed E-state index contributed by atoms with van der Waals surface area (Å²) in [7, 11) is 0. The fourth-order valence-electron chi connectivity index (χ4n) is 1.41. The van der Waals surface area contributed by atoms with Crippen molar-refractivity contribution in [3.63, 3.8) is 0 Å². The third-order valence-electron chi connectivity index (χ3n) is 2.01. The van der Waals surface area contributed by atoms with Gasteiger partial charge in [0, 0.05) is 24.2 Å². The zero-order valence-electron chi connectivity index (χ0n) is 9.23. The molecule has 0 spiro atoms. The lowest BCUT2D eigenvalue weighted by Gasteiger charge is -2.05. The summed E-state index contributed by atoms with van der Waals surface area (Å²) in [4.78, 5) is 0. The Bertz CT molecular complexity index is 494. The molecule has 0 fully saturated rings. The van der Waals surface area contributed by atoms with Crippen LogP contribution in [0.3, 0.4) is 0 Å². The summed E-state index contributed by atoms with van der Waals surface area (Å²) in [6.07, 6.45) is 0. The number of ether oxygens (including phenoxy) is 1. The van der Waals surface area contributed by atoms with Crippen LogP contribution in [0.1, 0.15) is 12.8 Å². The molecule has 0 saturated heterocycles. The summed E-state index contributed by atoms with van der Waals surface area (Å²) >= 11 is 0. The standard InChI is InChI=1S/C11H13N3O2/c1-3-15-10-5-8(4-9(12)6-10)11-14-13-7(2)16-11/h4-6H,3,12H2,1-2H3. The van der Waals surface area contributed by atoms with E-state index in [1.165, 1.54) is 0 Å². The molecule has 0 saturated carbocycles. The number of aryl methyl sites for hydroxylation is 1. The zero-order valence-corrected chi connectivity index (χ0v) is 9.23. The van der Waals surface area contributed by atoms with Crippen molar-refractivity contribution in [1.82, 2.24) is 10.2 Å². The van der Waals surface area contributed by atoms with Crippen molar-refractivity contribution in [2.75, 3.05) is 12.3 Å². The topological polar surface area (TPSA) is 74.2 Å². The Morgan fingerprint density at radius 3 is 2.75 bits per heavy atom. The van der Waals surface area contributed by atoms with Gasteiger partial charge in [-0.3, -0.25) is 0 Å². The molecule has 84 valence electrons. The van der Waals surface area contributed by atoms with Gasteiger partial charge in [0.05, 0.1) is 6.61 Å². The van der Waals surface area contributed by atoms with Crippen molar-refractivity contribution < 1.29 is 9.15 Å². The highest BCUT2D eigenvalue weighted by Crippen LogP contribution is 2.26. The predicted octanol–water partition coefficient (Wildman–Crippen LogP) is 2.03. The lowest BCUT2D eigenvalue weighted by Crippen LogP contribution is -1.94. The molecular weight excluding hydrogens is 206 g/mol. The van der Waals surface area contributed by atoms with E-state index < -0.39 is 0 Å². The minimum Gasteiger partial charge on any atom is -0.494 e. The van der Waals surface area contributed by atoms with Crippen LogP contribution >= 0.6 is 0 Å². The number of anilines is 1. The molecule has 1 aromatic heterocycles. The van der Waals surface area contributed by atoms with E-state index in [-0.39, 0.29) is 0 Å². The highest BCUT2D eigenvalue weighted by atomic mass is 16.5. The van der Waals surface area contributed by atoms with Crippen LogP contribution in [0.2, 0.25) is 0 Å². The number of hydrogen-bond acceptors (Lipinski definition) is 5. The molecule has 2 rings (SSSR count). The first-order chi connectivity index (χ1) is 7.69. The maximum absolute atomic E-state index is 5.76. The maximum atomic E-state index is 5.76. The molecule has 0 amide bonds. The third kappa shape index (κ3) is 2.13. The summed E-state index contributed by atoms with van der Waals surface area (Å²) in [5, 5.41) is 7.70. The quantitative estimate of drug-likeness (QED) is 0.799. The van der Waals surface area contributed by atoms with Gasteiger partial charge in [-0.15, -0.1) is 10.2 Å². The second kappa shape index (κ2) is 4.22. The fourth-order valence-corrected chi connectivity index (χ4v) is 1.41. The lowest BCUT2D eigenvalue weighted by atomic mass is 10.2. The largest absolute Gasteiger partial charge is 0.494 e. The van der Waals surface area contributed by atoms with Crippen LogP contribution in [-0.4, -0.2) is 16.8 Å². The predicted molar refractivity (Wildman–Crippen MR) is 60.1 cm³/mol. The number of aromatic nitrogens is 2. The van der Waals surface area contributed by atoms with Crippen LogP contribution in [0.5, 0.6) is 5.75 Å². The van der Waals surface area contributed by atoms with Crippen LogP contribution in [0.4, 0.5) is 5.69 Å². The lowest BCUT2D eigenvalue weighted by molar-refractivity contribution is 0.340. The molecule has 0 bridgehead atoms. The number of benzene rings is 1. The van der Waals surface area contributed by atoms with Gasteiger partial charge in [0.2, 0.25) is 11.8 Å². The first-order valence-electron chi connectivity index (χ1n) is 5.03. The number of rotatable bonds is 3. The Morgan fingerprint density at radius 2 is 2.12 bits per heavy atom. The van der Waals surface area contributed by atoms with Gasteiger partial charge in [-0.05, 0) is 19.1 Å². The van der Waals surface area contributed by atoms with E-state index in [0.29, 0.717) is 29.8 Å². The van der Waals surface area contributed by atoms with E-state index in [9.17, 15) is 0 Å². The van der Waals surface area contributed by atoms with Crippen molar-refractivity contribution >= 4 is 5.69 Å². The van der Waals surface area contributed by atoms with Crippen LogP contribution in [0.25, 0.3) is 11.5 Å². The normalized spacial score (nSPS) is 10.4. The summed E-state index contributed by atoms with van der Waals surface area (Å²) in [5.74, 6) is 1.68. The summed E-state index contributed by atoms with van der Waals surface area (Å²) in [6, 6.07) is 5.36. The third-order valence-corrected chi connectivity index (χ3v) is 2.01. The molecule has 0 radical (unpaired) electrons. The summed E-state index contributed by atoms with van der Waals surface area (Å²) < 4.78 is 10.7. The average molecular weight is 219 g/mol. The van der Waals surface area contributed by atoms with E-state index >= 15 is 0 Å². The molecule has 2 aromatic rings. The zero-order chi connectivity index (χ0) is 11.5. The van der Waals surface area contributed by atoms with Crippen molar-refractivity contribution in [2.24, 2.45) is 0 Å². The van der Waals surface area contributed by atoms with E-state index in [2.05, 4.69) is 10.2 Å². The Balaban J connectivity index is 2.40. The second-order valence-electron chi connectivity index (χ2n) is 3.35. The molecule has 0 aliphatic heterocycles. The van der Waals surface area contributed by atoms with E-state index in [1.54, 1.807) is 19.1 Å². The molecule has 5 heteroatoms. The molecular formula is C11H13N3O2. The molecule has 0 aliphatic carbocycles. The van der Waals surface area contributed by atoms with Crippen molar-refractivity contribution in [3.05, 3.63) is 24.1 Å². The highest BCUT2D eigenvalue weighted by molar-refractivity contribution is 5.63. The van der Waals surface area contributed by atoms with Gasteiger partial charge in [-0.25, -0.2) is 0 Å². The number of nitrogens with zero attached hydrogens (tertiary/aromatic N) is 2. The van der Waals surface area contributed by atoms with Crippen molar-refractivity contribution in [2.45, 2.75) is 13.8 Å². The first-order valence-corrected chi connectivity index (χ1v) is 5.03. The highest BCUT2D eigenvalue weighted by Gasteiger charge is 2.08. The van der Waals surface area contributed by atoms with Gasteiger partial charge < -0.3 is 14.9 Å². The van der Waals surface area contributed by atoms with Crippen LogP contribution in [0.15, 0.2) is 22.6 Å². The first kappa shape index (κ1) is 10.5. The van der Waals surface area contributed by atoms with E-state index in [0.717, 1.165) is 5.56 Å². The Kier molecular flexibility index (Phi) is 2.76. The van der Waals surface area contributed by atoms with Crippen LogP contribution in [0, 0.1) is 6.92 Å². The van der Waals surface area contributed by atoms with E-state index in [4.69, 9.17) is 14.9 Å². The molecule has 5 nitrogen and oxygen atoms in total. The molecule has 0 unspecified atom stereocenters. The molecule has 0 aliphatic rings. The maximum Gasteiger partial charge on any atom is 0.247 e. The Hall–Kier alpha value is -2.04. The van der Waals surface area contributed by atoms with Gasteiger partial charge in [0.25, 0.3) is 0 Å². The molecule has 2 N–H and O–H groups in total.